The number of hydrogen-bond donors (Lipinski definition) is 0. The van der Waals surface area contributed by atoms with E-state index in [1.54, 1.807) is 48.5 Å². The van der Waals surface area contributed by atoms with E-state index in [2.05, 4.69) is 0 Å². The predicted molar refractivity (Wildman–Crippen MR) is 116 cm³/mol. The Labute approximate surface area is 176 Å². The Morgan fingerprint density at radius 1 is 0.767 bits per heavy atom. The largest absolute Gasteiger partial charge is 0.469 e. The number of hydrogen-bond acceptors (Lipinski definition) is 4. The van der Waals surface area contributed by atoms with Crippen molar-refractivity contribution in [2.24, 2.45) is 5.92 Å². The Morgan fingerprint density at radius 2 is 1.30 bits per heavy atom. The fraction of sp³-hybridized carbons (Fsp3) is 0.192. The Hall–Kier alpha value is -3.53. The first kappa shape index (κ1) is 21.2. The van der Waals surface area contributed by atoms with E-state index in [-0.39, 0.29) is 18.0 Å². The van der Waals surface area contributed by atoms with Crippen LogP contribution in [0.4, 0.5) is 0 Å². The number of benzene rings is 3. The fourth-order valence-corrected chi connectivity index (χ4v) is 3.64. The van der Waals surface area contributed by atoms with Gasteiger partial charge in [0.15, 0.2) is 11.6 Å². The van der Waals surface area contributed by atoms with Gasteiger partial charge in [0.05, 0.1) is 19.4 Å². The van der Waals surface area contributed by atoms with Crippen LogP contribution in [0.3, 0.4) is 0 Å². The van der Waals surface area contributed by atoms with E-state index >= 15 is 0 Å². The lowest BCUT2D eigenvalue weighted by Crippen LogP contribution is -2.32. The number of Topliss-reactive ketones (excluding diaryl/α,β-unsaturated/α-hetero) is 2. The first-order valence-electron chi connectivity index (χ1n) is 9.83. The van der Waals surface area contributed by atoms with Gasteiger partial charge in [0.2, 0.25) is 0 Å². The number of ether oxygens (including phenoxy) is 1. The normalized spacial score (nSPS) is 11.7. The van der Waals surface area contributed by atoms with Crippen LogP contribution in [0.15, 0.2) is 84.9 Å². The molecule has 0 aliphatic carbocycles. The zero-order valence-electron chi connectivity index (χ0n) is 17.1. The van der Waals surface area contributed by atoms with E-state index < -0.39 is 17.8 Å². The minimum Gasteiger partial charge on any atom is -0.469 e. The summed E-state index contributed by atoms with van der Waals surface area (Å²) >= 11 is 0. The Morgan fingerprint density at radius 3 is 1.77 bits per heavy atom. The summed E-state index contributed by atoms with van der Waals surface area (Å²) in [6.07, 6.45) is -0.0677. The monoisotopic (exact) mass is 400 g/mol. The van der Waals surface area contributed by atoms with Gasteiger partial charge < -0.3 is 4.74 Å². The van der Waals surface area contributed by atoms with Crippen molar-refractivity contribution in [2.45, 2.75) is 19.3 Å². The second-order valence-electron chi connectivity index (χ2n) is 7.24. The highest BCUT2D eigenvalue weighted by atomic mass is 16.5. The van der Waals surface area contributed by atoms with E-state index in [9.17, 15) is 14.4 Å². The highest BCUT2D eigenvalue weighted by Gasteiger charge is 2.38. The number of methoxy groups -OCH3 is 1. The zero-order valence-corrected chi connectivity index (χ0v) is 17.1. The van der Waals surface area contributed by atoms with Crippen LogP contribution in [0.1, 0.15) is 44.2 Å². The number of rotatable bonds is 8. The van der Waals surface area contributed by atoms with Crippen molar-refractivity contribution >= 4 is 17.5 Å². The smallest absolute Gasteiger partial charge is 0.306 e. The average Bonchev–Trinajstić information content (AvgIpc) is 2.79. The van der Waals surface area contributed by atoms with Crippen LogP contribution in [0.25, 0.3) is 0 Å². The van der Waals surface area contributed by atoms with Crippen molar-refractivity contribution in [3.05, 3.63) is 107 Å². The van der Waals surface area contributed by atoms with Gasteiger partial charge in [-0.15, -0.1) is 0 Å². The van der Waals surface area contributed by atoms with Crippen molar-refractivity contribution in [1.82, 2.24) is 0 Å². The molecule has 0 aromatic heterocycles. The van der Waals surface area contributed by atoms with Crippen molar-refractivity contribution < 1.29 is 19.1 Å². The predicted octanol–water partition coefficient (Wildman–Crippen LogP) is 5.02. The topological polar surface area (TPSA) is 60.4 Å². The number of carbonyl (C=O) groups excluding carboxylic acids is 3. The summed E-state index contributed by atoms with van der Waals surface area (Å²) in [6.45, 7) is 1.94. The molecule has 4 nitrogen and oxygen atoms in total. The van der Waals surface area contributed by atoms with Gasteiger partial charge in [-0.3, -0.25) is 14.4 Å². The summed E-state index contributed by atoms with van der Waals surface area (Å²) in [4.78, 5) is 39.4. The third-order valence-corrected chi connectivity index (χ3v) is 5.17. The minimum atomic E-state index is -1.05. The average molecular weight is 400 g/mol. The first-order chi connectivity index (χ1) is 14.5. The summed E-state index contributed by atoms with van der Waals surface area (Å²) in [5, 5.41) is 0. The lowest BCUT2D eigenvalue weighted by molar-refractivity contribution is -0.141. The van der Waals surface area contributed by atoms with Crippen molar-refractivity contribution in [2.75, 3.05) is 7.11 Å². The fourth-order valence-electron chi connectivity index (χ4n) is 3.64. The molecule has 0 amide bonds. The summed E-state index contributed by atoms with van der Waals surface area (Å²) < 4.78 is 4.89. The van der Waals surface area contributed by atoms with E-state index in [0.717, 1.165) is 11.1 Å². The van der Waals surface area contributed by atoms with Gasteiger partial charge in [-0.25, -0.2) is 0 Å². The standard InChI is InChI=1S/C26H24O4/c1-18-10-9-15-21(16-18)22(17-23(27)30-2)24(25(28)19-11-5-3-6-12-19)26(29)20-13-7-4-8-14-20/h3-16,22,24H,17H2,1-2H3. The lowest BCUT2D eigenvalue weighted by atomic mass is 9.75. The maximum Gasteiger partial charge on any atom is 0.306 e. The molecule has 152 valence electrons. The third-order valence-electron chi connectivity index (χ3n) is 5.17. The van der Waals surface area contributed by atoms with Crippen LogP contribution < -0.4 is 0 Å². The second kappa shape index (κ2) is 9.79. The van der Waals surface area contributed by atoms with Crippen LogP contribution in [0.2, 0.25) is 0 Å². The summed E-state index contributed by atoms with van der Waals surface area (Å²) in [5.41, 5.74) is 2.63. The number of esters is 1. The van der Waals surface area contributed by atoms with Crippen molar-refractivity contribution in [3.63, 3.8) is 0 Å². The molecule has 30 heavy (non-hydrogen) atoms. The number of aryl methyl sites for hydroxylation is 1. The molecule has 3 aromatic carbocycles. The molecular weight excluding hydrogens is 376 g/mol. The van der Waals surface area contributed by atoms with E-state index in [4.69, 9.17) is 4.74 Å². The van der Waals surface area contributed by atoms with Gasteiger partial charge >= 0.3 is 5.97 Å². The molecule has 0 heterocycles. The highest BCUT2D eigenvalue weighted by molar-refractivity contribution is 6.17. The van der Waals surface area contributed by atoms with Gasteiger partial charge in [-0.2, -0.15) is 0 Å². The van der Waals surface area contributed by atoms with Crippen LogP contribution in [0, 0.1) is 12.8 Å². The quantitative estimate of drug-likeness (QED) is 0.302. The molecule has 3 aromatic rings. The molecule has 0 spiro atoms. The molecule has 3 rings (SSSR count). The number of carbonyl (C=O) groups is 3. The molecule has 1 atom stereocenters. The maximum atomic E-state index is 13.6. The lowest BCUT2D eigenvalue weighted by Gasteiger charge is -2.25. The Balaban J connectivity index is 2.14. The van der Waals surface area contributed by atoms with Gasteiger partial charge in [-0.05, 0) is 12.5 Å². The van der Waals surface area contributed by atoms with Crippen molar-refractivity contribution in [1.29, 1.82) is 0 Å². The first-order valence-corrected chi connectivity index (χ1v) is 9.83. The molecular formula is C26H24O4. The maximum absolute atomic E-state index is 13.6. The van der Waals surface area contributed by atoms with Gasteiger partial charge in [-0.1, -0.05) is 90.5 Å². The third kappa shape index (κ3) is 4.90. The van der Waals surface area contributed by atoms with E-state index in [1.807, 2.05) is 43.3 Å². The van der Waals surface area contributed by atoms with E-state index in [1.165, 1.54) is 7.11 Å². The molecule has 0 radical (unpaired) electrons. The molecule has 0 fully saturated rings. The highest BCUT2D eigenvalue weighted by Crippen LogP contribution is 2.34. The summed E-state index contributed by atoms with van der Waals surface area (Å²) in [5.74, 6) is -2.76. The molecule has 0 N–H and O–H groups in total. The van der Waals surface area contributed by atoms with Crippen LogP contribution in [-0.2, 0) is 9.53 Å². The molecule has 1 unspecified atom stereocenters. The SMILES string of the molecule is COC(=O)CC(c1cccc(C)c1)C(C(=O)c1ccccc1)C(=O)c1ccccc1. The van der Waals surface area contributed by atoms with Gasteiger partial charge in [0, 0.05) is 17.0 Å². The van der Waals surface area contributed by atoms with Crippen molar-refractivity contribution in [3.8, 4) is 0 Å². The second-order valence-corrected chi connectivity index (χ2v) is 7.24. The Bertz CT molecular complexity index is 974. The molecule has 0 bridgehead atoms. The van der Waals surface area contributed by atoms with Crippen LogP contribution >= 0.6 is 0 Å². The molecule has 0 saturated carbocycles. The number of ketones is 2. The van der Waals surface area contributed by atoms with E-state index in [0.29, 0.717) is 11.1 Å². The van der Waals surface area contributed by atoms with Gasteiger partial charge in [0.25, 0.3) is 0 Å². The Kier molecular flexibility index (Phi) is 6.91. The van der Waals surface area contributed by atoms with Crippen LogP contribution in [-0.4, -0.2) is 24.6 Å². The zero-order chi connectivity index (χ0) is 21.5. The summed E-state index contributed by atoms with van der Waals surface area (Å²) in [6, 6.07) is 25.0. The molecule has 0 saturated heterocycles. The van der Waals surface area contributed by atoms with Crippen LogP contribution in [0.5, 0.6) is 0 Å². The summed E-state index contributed by atoms with van der Waals surface area (Å²) in [7, 11) is 1.31. The van der Waals surface area contributed by atoms with Gasteiger partial charge in [0.1, 0.15) is 0 Å². The molecule has 0 aliphatic heterocycles. The minimum absolute atomic E-state index is 0.0677. The molecule has 0 aliphatic rings. The molecule has 4 heteroatoms.